The summed E-state index contributed by atoms with van der Waals surface area (Å²) in [5, 5.41) is 9.07. The van der Waals surface area contributed by atoms with Crippen LogP contribution in [0.25, 0.3) is 0 Å². The summed E-state index contributed by atoms with van der Waals surface area (Å²) in [6.45, 7) is 4.12. The SMILES string of the molecule is CCCCN(CCO)C(=O)C1CCCC(CN)C1. The van der Waals surface area contributed by atoms with Gasteiger partial charge in [-0.05, 0) is 38.1 Å². The Morgan fingerprint density at radius 2 is 2.17 bits per heavy atom. The highest BCUT2D eigenvalue weighted by molar-refractivity contribution is 5.79. The second kappa shape index (κ2) is 8.48. The van der Waals surface area contributed by atoms with E-state index in [2.05, 4.69) is 6.92 Å². The maximum Gasteiger partial charge on any atom is 0.225 e. The maximum atomic E-state index is 12.4. The summed E-state index contributed by atoms with van der Waals surface area (Å²) in [6.07, 6.45) is 6.28. The lowest BCUT2D eigenvalue weighted by molar-refractivity contribution is -0.137. The Bertz CT molecular complexity index is 240. The van der Waals surface area contributed by atoms with E-state index >= 15 is 0 Å². The minimum Gasteiger partial charge on any atom is -0.395 e. The zero-order chi connectivity index (χ0) is 13.4. The molecule has 1 rings (SSSR count). The first-order valence-corrected chi connectivity index (χ1v) is 7.32. The predicted octanol–water partition coefficient (Wildman–Crippen LogP) is 1.37. The van der Waals surface area contributed by atoms with Gasteiger partial charge in [-0.15, -0.1) is 0 Å². The largest absolute Gasteiger partial charge is 0.395 e. The molecule has 4 heteroatoms. The average molecular weight is 256 g/mol. The molecule has 0 aromatic carbocycles. The molecule has 1 saturated carbocycles. The zero-order valence-electron chi connectivity index (χ0n) is 11.6. The van der Waals surface area contributed by atoms with Gasteiger partial charge in [-0.3, -0.25) is 4.79 Å². The number of nitrogens with zero attached hydrogens (tertiary/aromatic N) is 1. The molecule has 0 aromatic rings. The van der Waals surface area contributed by atoms with Crippen LogP contribution < -0.4 is 5.73 Å². The summed E-state index contributed by atoms with van der Waals surface area (Å²) in [7, 11) is 0. The van der Waals surface area contributed by atoms with Crippen molar-refractivity contribution in [3.8, 4) is 0 Å². The highest BCUT2D eigenvalue weighted by atomic mass is 16.3. The summed E-state index contributed by atoms with van der Waals surface area (Å²) >= 11 is 0. The molecule has 0 aromatic heterocycles. The Morgan fingerprint density at radius 1 is 1.39 bits per heavy atom. The van der Waals surface area contributed by atoms with Crippen LogP contribution in [0.4, 0.5) is 0 Å². The van der Waals surface area contributed by atoms with Crippen LogP contribution >= 0.6 is 0 Å². The van der Waals surface area contributed by atoms with Gasteiger partial charge < -0.3 is 15.7 Å². The van der Waals surface area contributed by atoms with E-state index in [1.165, 1.54) is 0 Å². The molecule has 1 amide bonds. The molecule has 106 valence electrons. The number of carbonyl (C=O) groups is 1. The third kappa shape index (κ3) is 4.58. The standard InChI is InChI=1S/C14H28N2O2/c1-2-3-7-16(8-9-17)14(18)13-6-4-5-12(10-13)11-15/h12-13,17H,2-11,15H2,1H3. The number of unbranched alkanes of at least 4 members (excludes halogenated alkanes) is 1. The van der Waals surface area contributed by atoms with E-state index in [-0.39, 0.29) is 18.4 Å². The molecular weight excluding hydrogens is 228 g/mol. The molecule has 1 aliphatic carbocycles. The van der Waals surface area contributed by atoms with Crippen molar-refractivity contribution < 1.29 is 9.90 Å². The first-order chi connectivity index (χ1) is 8.72. The van der Waals surface area contributed by atoms with Crippen molar-refractivity contribution >= 4 is 5.91 Å². The number of amides is 1. The molecular formula is C14H28N2O2. The fourth-order valence-corrected chi connectivity index (χ4v) is 2.79. The van der Waals surface area contributed by atoms with Crippen LogP contribution in [0.15, 0.2) is 0 Å². The fourth-order valence-electron chi connectivity index (χ4n) is 2.79. The quantitative estimate of drug-likeness (QED) is 0.723. The summed E-state index contributed by atoms with van der Waals surface area (Å²) < 4.78 is 0. The number of aliphatic hydroxyl groups excluding tert-OH is 1. The third-order valence-electron chi connectivity index (χ3n) is 3.93. The maximum absolute atomic E-state index is 12.4. The molecule has 3 N–H and O–H groups in total. The minimum absolute atomic E-state index is 0.0580. The molecule has 0 spiro atoms. The van der Waals surface area contributed by atoms with Gasteiger partial charge in [-0.25, -0.2) is 0 Å². The van der Waals surface area contributed by atoms with Crippen molar-refractivity contribution in [3.05, 3.63) is 0 Å². The van der Waals surface area contributed by atoms with Crippen LogP contribution in [-0.4, -0.2) is 42.2 Å². The summed E-state index contributed by atoms with van der Waals surface area (Å²) in [5.41, 5.74) is 5.72. The van der Waals surface area contributed by atoms with Crippen LogP contribution in [0.2, 0.25) is 0 Å². The van der Waals surface area contributed by atoms with Crippen LogP contribution in [0, 0.1) is 11.8 Å². The lowest BCUT2D eigenvalue weighted by Gasteiger charge is -2.32. The molecule has 0 saturated heterocycles. The van der Waals surface area contributed by atoms with Gasteiger partial charge in [0.1, 0.15) is 0 Å². The van der Waals surface area contributed by atoms with Crippen molar-refractivity contribution in [2.24, 2.45) is 17.6 Å². The second-order valence-corrected chi connectivity index (χ2v) is 5.37. The van der Waals surface area contributed by atoms with Crippen molar-refractivity contribution in [2.45, 2.75) is 45.4 Å². The molecule has 4 nitrogen and oxygen atoms in total. The first kappa shape index (κ1) is 15.4. The van der Waals surface area contributed by atoms with E-state index in [9.17, 15) is 4.79 Å². The molecule has 0 heterocycles. The van der Waals surface area contributed by atoms with Crippen LogP contribution in [-0.2, 0) is 4.79 Å². The molecule has 2 unspecified atom stereocenters. The van der Waals surface area contributed by atoms with Gasteiger partial charge >= 0.3 is 0 Å². The van der Waals surface area contributed by atoms with E-state index in [1.54, 1.807) is 0 Å². The number of hydrogen-bond donors (Lipinski definition) is 2. The summed E-state index contributed by atoms with van der Waals surface area (Å²) in [6, 6.07) is 0. The van der Waals surface area contributed by atoms with Crippen molar-refractivity contribution in [1.29, 1.82) is 0 Å². The monoisotopic (exact) mass is 256 g/mol. The smallest absolute Gasteiger partial charge is 0.225 e. The molecule has 1 fully saturated rings. The second-order valence-electron chi connectivity index (χ2n) is 5.37. The van der Waals surface area contributed by atoms with Crippen LogP contribution in [0.3, 0.4) is 0 Å². The van der Waals surface area contributed by atoms with Gasteiger partial charge in [0.25, 0.3) is 0 Å². The number of carbonyl (C=O) groups excluding carboxylic acids is 1. The molecule has 0 aliphatic heterocycles. The van der Waals surface area contributed by atoms with Crippen molar-refractivity contribution in [1.82, 2.24) is 4.90 Å². The van der Waals surface area contributed by atoms with Crippen molar-refractivity contribution in [3.63, 3.8) is 0 Å². The molecule has 0 bridgehead atoms. The molecule has 2 atom stereocenters. The summed E-state index contributed by atoms with van der Waals surface area (Å²) in [4.78, 5) is 14.3. The Kier molecular flexibility index (Phi) is 7.28. The topological polar surface area (TPSA) is 66.6 Å². The Morgan fingerprint density at radius 3 is 2.78 bits per heavy atom. The van der Waals surface area contributed by atoms with E-state index in [4.69, 9.17) is 10.8 Å². The Labute approximate surface area is 111 Å². The Balaban J connectivity index is 2.52. The van der Waals surface area contributed by atoms with Gasteiger partial charge in [-0.1, -0.05) is 19.8 Å². The molecule has 0 radical (unpaired) electrons. The normalized spacial score (nSPS) is 23.9. The first-order valence-electron chi connectivity index (χ1n) is 7.32. The van der Waals surface area contributed by atoms with Crippen molar-refractivity contribution in [2.75, 3.05) is 26.2 Å². The lowest BCUT2D eigenvalue weighted by atomic mass is 9.80. The Hall–Kier alpha value is -0.610. The van der Waals surface area contributed by atoms with Gasteiger partial charge in [0.05, 0.1) is 6.61 Å². The van der Waals surface area contributed by atoms with Gasteiger partial charge in [0.2, 0.25) is 5.91 Å². The number of hydrogen-bond acceptors (Lipinski definition) is 3. The van der Waals surface area contributed by atoms with Crippen LogP contribution in [0.5, 0.6) is 0 Å². The van der Waals surface area contributed by atoms with Crippen LogP contribution in [0.1, 0.15) is 45.4 Å². The number of nitrogens with two attached hydrogens (primary N) is 1. The van der Waals surface area contributed by atoms with E-state index in [0.29, 0.717) is 19.0 Å². The summed E-state index contributed by atoms with van der Waals surface area (Å²) in [5.74, 6) is 0.876. The van der Waals surface area contributed by atoms with E-state index in [1.807, 2.05) is 4.90 Å². The third-order valence-corrected chi connectivity index (χ3v) is 3.93. The zero-order valence-corrected chi connectivity index (χ0v) is 11.6. The van der Waals surface area contributed by atoms with Gasteiger partial charge in [0.15, 0.2) is 0 Å². The fraction of sp³-hybridized carbons (Fsp3) is 0.929. The molecule has 1 aliphatic rings. The predicted molar refractivity (Wildman–Crippen MR) is 73.1 cm³/mol. The molecule has 18 heavy (non-hydrogen) atoms. The number of aliphatic hydroxyl groups is 1. The highest BCUT2D eigenvalue weighted by Crippen LogP contribution is 2.29. The highest BCUT2D eigenvalue weighted by Gasteiger charge is 2.29. The van der Waals surface area contributed by atoms with E-state index in [0.717, 1.165) is 45.1 Å². The van der Waals surface area contributed by atoms with E-state index < -0.39 is 0 Å². The lowest BCUT2D eigenvalue weighted by Crippen LogP contribution is -2.41. The number of rotatable bonds is 7. The van der Waals surface area contributed by atoms with Gasteiger partial charge in [-0.2, -0.15) is 0 Å². The minimum atomic E-state index is 0.0580. The van der Waals surface area contributed by atoms with Gasteiger partial charge in [0, 0.05) is 19.0 Å². The average Bonchev–Trinajstić information content (AvgIpc) is 2.42.